The average molecular weight is 345 g/mol. The Bertz CT molecular complexity index is 714. The van der Waals surface area contributed by atoms with Gasteiger partial charge in [0.15, 0.2) is 0 Å². The predicted molar refractivity (Wildman–Crippen MR) is 92.9 cm³/mol. The Morgan fingerprint density at radius 2 is 2.12 bits per heavy atom. The summed E-state index contributed by atoms with van der Waals surface area (Å²) in [5.74, 6) is -0.177. The van der Waals surface area contributed by atoms with Gasteiger partial charge in [0.1, 0.15) is 5.82 Å². The number of aromatic nitrogens is 1. The summed E-state index contributed by atoms with van der Waals surface area (Å²) in [5.41, 5.74) is 1.59. The highest BCUT2D eigenvalue weighted by molar-refractivity contribution is 5.91. The quantitative estimate of drug-likeness (QED) is 0.836. The van der Waals surface area contributed by atoms with E-state index in [0.29, 0.717) is 24.7 Å². The number of hydrogen-bond donors (Lipinski definition) is 0. The van der Waals surface area contributed by atoms with Crippen molar-refractivity contribution in [2.24, 2.45) is 0 Å². The number of benzene rings is 1. The van der Waals surface area contributed by atoms with Crippen molar-refractivity contribution >= 4 is 5.91 Å². The summed E-state index contributed by atoms with van der Waals surface area (Å²) >= 11 is 0. The lowest BCUT2D eigenvalue weighted by molar-refractivity contribution is 0.0677. The zero-order valence-corrected chi connectivity index (χ0v) is 14.7. The van der Waals surface area contributed by atoms with Crippen LogP contribution in [0.1, 0.15) is 41.1 Å². The second kappa shape index (κ2) is 7.78. The molecule has 0 saturated carbocycles. The topological polar surface area (TPSA) is 49.6 Å². The molecular weight excluding hydrogens is 321 g/mol. The van der Waals surface area contributed by atoms with Gasteiger partial charge in [-0.1, -0.05) is 23.7 Å². The zero-order valence-electron chi connectivity index (χ0n) is 14.7. The van der Waals surface area contributed by atoms with Gasteiger partial charge in [0.25, 0.3) is 5.91 Å². The Labute approximate surface area is 147 Å². The predicted octanol–water partition coefficient (Wildman–Crippen LogP) is 2.96. The van der Waals surface area contributed by atoms with Crippen LogP contribution in [0.3, 0.4) is 0 Å². The maximum atomic E-state index is 13.0. The summed E-state index contributed by atoms with van der Waals surface area (Å²) in [7, 11) is 3.91. The second-order valence-corrected chi connectivity index (χ2v) is 6.80. The van der Waals surface area contributed by atoms with Gasteiger partial charge >= 0.3 is 0 Å². The van der Waals surface area contributed by atoms with E-state index in [9.17, 15) is 9.18 Å². The van der Waals surface area contributed by atoms with Gasteiger partial charge in [-0.3, -0.25) is 4.79 Å². The van der Waals surface area contributed by atoms with Crippen molar-refractivity contribution in [2.75, 3.05) is 27.2 Å². The van der Waals surface area contributed by atoms with E-state index in [1.807, 2.05) is 0 Å². The largest absolute Gasteiger partial charge is 0.351 e. The molecule has 1 saturated heterocycles. The average Bonchev–Trinajstić information content (AvgIpc) is 3.06. The van der Waals surface area contributed by atoms with Crippen LogP contribution in [0.25, 0.3) is 0 Å². The summed E-state index contributed by atoms with van der Waals surface area (Å²) in [4.78, 5) is 16.6. The van der Waals surface area contributed by atoms with Crippen molar-refractivity contribution in [3.05, 3.63) is 53.2 Å². The van der Waals surface area contributed by atoms with Crippen LogP contribution in [0.2, 0.25) is 0 Å². The zero-order chi connectivity index (χ0) is 17.8. The molecule has 1 aliphatic heterocycles. The highest BCUT2D eigenvalue weighted by Gasteiger charge is 2.24. The number of rotatable bonds is 5. The first-order chi connectivity index (χ1) is 12.0. The Morgan fingerprint density at radius 1 is 1.36 bits per heavy atom. The SMILES string of the molecule is CN(CC1CCCCN1C)C(=O)c1cc(Cc2ccc(F)cc2)no1. The van der Waals surface area contributed by atoms with Gasteiger partial charge in [-0.15, -0.1) is 0 Å². The minimum Gasteiger partial charge on any atom is -0.351 e. The van der Waals surface area contributed by atoms with E-state index < -0.39 is 0 Å². The number of amides is 1. The molecule has 2 aromatic rings. The molecule has 2 heterocycles. The number of likely N-dealkylation sites (N-methyl/N-ethyl adjacent to an activating group) is 2. The molecule has 25 heavy (non-hydrogen) atoms. The van der Waals surface area contributed by atoms with Gasteiger partial charge < -0.3 is 14.3 Å². The fourth-order valence-electron chi connectivity index (χ4n) is 3.27. The van der Waals surface area contributed by atoms with E-state index in [4.69, 9.17) is 4.52 Å². The lowest BCUT2D eigenvalue weighted by Gasteiger charge is -2.34. The molecule has 134 valence electrons. The highest BCUT2D eigenvalue weighted by Crippen LogP contribution is 2.17. The smallest absolute Gasteiger partial charge is 0.292 e. The van der Waals surface area contributed by atoms with Crippen LogP contribution in [-0.4, -0.2) is 54.1 Å². The van der Waals surface area contributed by atoms with Gasteiger partial charge in [-0.2, -0.15) is 0 Å². The summed E-state index contributed by atoms with van der Waals surface area (Å²) in [6.45, 7) is 1.76. The number of halogens is 1. The lowest BCUT2D eigenvalue weighted by Crippen LogP contribution is -2.45. The minimum atomic E-state index is -0.269. The molecule has 1 aliphatic rings. The van der Waals surface area contributed by atoms with E-state index >= 15 is 0 Å². The molecule has 0 bridgehead atoms. The van der Waals surface area contributed by atoms with Crippen molar-refractivity contribution in [2.45, 2.75) is 31.7 Å². The Hall–Kier alpha value is -2.21. The molecule has 1 atom stereocenters. The molecule has 1 aromatic heterocycles. The molecule has 0 radical (unpaired) electrons. The van der Waals surface area contributed by atoms with Crippen molar-refractivity contribution in [1.29, 1.82) is 0 Å². The maximum Gasteiger partial charge on any atom is 0.292 e. The summed E-state index contributed by atoms with van der Waals surface area (Å²) < 4.78 is 18.2. The third-order valence-electron chi connectivity index (χ3n) is 4.82. The van der Waals surface area contributed by atoms with Crippen LogP contribution in [0.4, 0.5) is 4.39 Å². The van der Waals surface area contributed by atoms with E-state index in [2.05, 4.69) is 17.1 Å². The highest BCUT2D eigenvalue weighted by atomic mass is 19.1. The number of likely N-dealkylation sites (tertiary alicyclic amines) is 1. The van der Waals surface area contributed by atoms with E-state index in [-0.39, 0.29) is 17.5 Å². The number of carbonyl (C=O) groups excluding carboxylic acids is 1. The van der Waals surface area contributed by atoms with Crippen molar-refractivity contribution in [3.63, 3.8) is 0 Å². The van der Waals surface area contributed by atoms with E-state index in [1.54, 1.807) is 30.1 Å². The molecule has 1 amide bonds. The molecule has 0 N–H and O–H groups in total. The number of carbonyl (C=O) groups is 1. The van der Waals surface area contributed by atoms with Crippen molar-refractivity contribution in [3.8, 4) is 0 Å². The summed E-state index contributed by atoms with van der Waals surface area (Å²) in [5, 5.41) is 3.97. The van der Waals surface area contributed by atoms with Crippen LogP contribution in [-0.2, 0) is 6.42 Å². The lowest BCUT2D eigenvalue weighted by atomic mass is 10.0. The molecule has 5 nitrogen and oxygen atoms in total. The molecule has 1 fully saturated rings. The number of piperidine rings is 1. The van der Waals surface area contributed by atoms with Crippen molar-refractivity contribution < 1.29 is 13.7 Å². The normalized spacial score (nSPS) is 18.3. The molecule has 0 aliphatic carbocycles. The monoisotopic (exact) mass is 345 g/mol. The first-order valence-electron chi connectivity index (χ1n) is 8.68. The van der Waals surface area contributed by atoms with E-state index in [0.717, 1.165) is 18.5 Å². The summed E-state index contributed by atoms with van der Waals surface area (Å²) in [6.07, 6.45) is 4.05. The van der Waals surface area contributed by atoms with Gasteiger partial charge in [0, 0.05) is 32.1 Å². The van der Waals surface area contributed by atoms with Crippen LogP contribution in [0.5, 0.6) is 0 Å². The first-order valence-corrected chi connectivity index (χ1v) is 8.68. The van der Waals surface area contributed by atoms with Gasteiger partial charge in [0.05, 0.1) is 5.69 Å². The molecule has 1 unspecified atom stereocenters. The molecular formula is C19H24FN3O2. The Kier molecular flexibility index (Phi) is 5.48. The number of hydrogen-bond acceptors (Lipinski definition) is 4. The third kappa shape index (κ3) is 4.45. The fourth-order valence-corrected chi connectivity index (χ4v) is 3.27. The standard InChI is InChI=1S/C19H24FN3O2/c1-22-10-4-3-5-17(22)13-23(2)19(24)18-12-16(21-25-18)11-14-6-8-15(20)9-7-14/h6-9,12,17H,3-5,10-11,13H2,1-2H3. The third-order valence-corrected chi connectivity index (χ3v) is 4.82. The first kappa shape index (κ1) is 17.6. The number of nitrogens with zero attached hydrogens (tertiary/aromatic N) is 3. The Morgan fingerprint density at radius 3 is 2.84 bits per heavy atom. The van der Waals surface area contributed by atoms with Crippen LogP contribution < -0.4 is 0 Å². The van der Waals surface area contributed by atoms with Crippen LogP contribution in [0.15, 0.2) is 34.9 Å². The van der Waals surface area contributed by atoms with E-state index in [1.165, 1.54) is 25.0 Å². The van der Waals surface area contributed by atoms with Crippen LogP contribution >= 0.6 is 0 Å². The summed E-state index contributed by atoms with van der Waals surface area (Å²) in [6, 6.07) is 8.30. The van der Waals surface area contributed by atoms with Gasteiger partial charge in [0.2, 0.25) is 5.76 Å². The van der Waals surface area contributed by atoms with Crippen molar-refractivity contribution in [1.82, 2.24) is 15.0 Å². The minimum absolute atomic E-state index is 0.156. The molecule has 1 aromatic carbocycles. The Balaban J connectivity index is 1.60. The fraction of sp³-hybridized carbons (Fsp3) is 0.474. The maximum absolute atomic E-state index is 13.0. The molecule has 0 spiro atoms. The van der Waals surface area contributed by atoms with Gasteiger partial charge in [-0.25, -0.2) is 4.39 Å². The van der Waals surface area contributed by atoms with Gasteiger partial charge in [-0.05, 0) is 44.1 Å². The second-order valence-electron chi connectivity index (χ2n) is 6.80. The van der Waals surface area contributed by atoms with Crippen LogP contribution in [0, 0.1) is 5.82 Å². The molecule has 3 rings (SSSR count). The molecule has 6 heteroatoms.